The van der Waals surface area contributed by atoms with E-state index in [1.165, 1.54) is 4.88 Å². The van der Waals surface area contributed by atoms with Crippen LogP contribution in [-0.2, 0) is 0 Å². The van der Waals surface area contributed by atoms with Crippen LogP contribution in [0.1, 0.15) is 36.7 Å². The molecule has 0 radical (unpaired) electrons. The van der Waals surface area contributed by atoms with Crippen LogP contribution in [-0.4, -0.2) is 47.3 Å². The molecule has 0 spiro atoms. The minimum absolute atomic E-state index is 0.204. The van der Waals surface area contributed by atoms with Gasteiger partial charge in [-0.25, -0.2) is 4.98 Å². The van der Waals surface area contributed by atoms with E-state index in [-0.39, 0.29) is 12.1 Å². The third-order valence-electron chi connectivity index (χ3n) is 3.03. The molecule has 0 aliphatic rings. The quantitative estimate of drug-likeness (QED) is 0.757. The molecule has 104 valence electrons. The maximum atomic E-state index is 9.96. The first-order valence-corrected chi connectivity index (χ1v) is 7.44. The van der Waals surface area contributed by atoms with Crippen molar-refractivity contribution in [3.63, 3.8) is 0 Å². The summed E-state index contributed by atoms with van der Waals surface area (Å²) in [5.74, 6) is 0. The van der Waals surface area contributed by atoms with E-state index in [4.69, 9.17) is 0 Å². The number of aromatic nitrogens is 1. The Labute approximate surface area is 114 Å². The van der Waals surface area contributed by atoms with Crippen molar-refractivity contribution in [3.8, 4) is 0 Å². The van der Waals surface area contributed by atoms with Gasteiger partial charge in [-0.1, -0.05) is 13.8 Å². The molecule has 0 bridgehead atoms. The van der Waals surface area contributed by atoms with Crippen molar-refractivity contribution in [1.82, 2.24) is 15.2 Å². The van der Waals surface area contributed by atoms with Crippen LogP contribution in [0, 0.1) is 6.92 Å². The van der Waals surface area contributed by atoms with Gasteiger partial charge in [0.05, 0.1) is 12.1 Å². The van der Waals surface area contributed by atoms with Crippen molar-refractivity contribution < 1.29 is 5.11 Å². The van der Waals surface area contributed by atoms with Crippen molar-refractivity contribution in [2.75, 3.05) is 26.2 Å². The molecular formula is C13H25N3OS. The largest absolute Gasteiger partial charge is 0.390 e. The maximum absolute atomic E-state index is 9.96. The van der Waals surface area contributed by atoms with Crippen LogP contribution in [0.15, 0.2) is 6.20 Å². The van der Waals surface area contributed by atoms with Gasteiger partial charge in [0.15, 0.2) is 0 Å². The van der Waals surface area contributed by atoms with Gasteiger partial charge in [-0.15, -0.1) is 11.3 Å². The van der Waals surface area contributed by atoms with E-state index in [1.54, 1.807) is 11.3 Å². The van der Waals surface area contributed by atoms with E-state index < -0.39 is 0 Å². The van der Waals surface area contributed by atoms with Gasteiger partial charge in [0, 0.05) is 24.2 Å². The summed E-state index contributed by atoms with van der Waals surface area (Å²) in [4.78, 5) is 7.80. The highest BCUT2D eigenvalue weighted by Gasteiger charge is 2.13. The van der Waals surface area contributed by atoms with Crippen molar-refractivity contribution in [2.24, 2.45) is 0 Å². The molecule has 0 aliphatic carbocycles. The number of likely N-dealkylation sites (N-methyl/N-ethyl adjacent to an activating group) is 1. The first-order chi connectivity index (χ1) is 8.56. The molecule has 1 rings (SSSR count). The summed E-state index contributed by atoms with van der Waals surface area (Å²) in [5, 5.41) is 14.4. The number of nitrogens with zero attached hydrogens (tertiary/aromatic N) is 2. The lowest BCUT2D eigenvalue weighted by atomic mass is 10.3. The summed E-state index contributed by atoms with van der Waals surface area (Å²) >= 11 is 1.70. The molecule has 0 fully saturated rings. The van der Waals surface area contributed by atoms with E-state index in [9.17, 15) is 5.11 Å². The molecule has 4 nitrogen and oxygen atoms in total. The number of aliphatic hydroxyl groups is 1. The summed E-state index contributed by atoms with van der Waals surface area (Å²) in [6.45, 7) is 11.7. The van der Waals surface area contributed by atoms with Gasteiger partial charge in [-0.2, -0.15) is 0 Å². The summed E-state index contributed by atoms with van der Waals surface area (Å²) < 4.78 is 0. The lowest BCUT2D eigenvalue weighted by Gasteiger charge is -2.23. The average Bonchev–Trinajstić information content (AvgIpc) is 2.79. The molecule has 0 aliphatic heterocycles. The summed E-state index contributed by atoms with van der Waals surface area (Å²) in [6.07, 6.45) is 1.57. The second-order valence-electron chi connectivity index (χ2n) is 4.58. The van der Waals surface area contributed by atoms with Crippen LogP contribution in [0.2, 0.25) is 0 Å². The van der Waals surface area contributed by atoms with E-state index in [2.05, 4.69) is 42.9 Å². The minimum atomic E-state index is -0.326. The Morgan fingerprint density at radius 2 is 2.11 bits per heavy atom. The van der Waals surface area contributed by atoms with Crippen LogP contribution < -0.4 is 5.32 Å². The van der Waals surface area contributed by atoms with Gasteiger partial charge in [-0.3, -0.25) is 0 Å². The number of nitrogens with one attached hydrogen (secondary N) is 1. The normalized spacial score (nSPS) is 15.0. The Balaban J connectivity index is 2.31. The Morgan fingerprint density at radius 3 is 2.61 bits per heavy atom. The fourth-order valence-electron chi connectivity index (χ4n) is 1.82. The third-order valence-corrected chi connectivity index (χ3v) is 4.13. The van der Waals surface area contributed by atoms with Gasteiger partial charge in [0.2, 0.25) is 0 Å². The van der Waals surface area contributed by atoms with Gasteiger partial charge in [0.25, 0.3) is 0 Å². The summed E-state index contributed by atoms with van der Waals surface area (Å²) in [6, 6.07) is 0.204. The molecule has 2 N–H and O–H groups in total. The number of thiazole rings is 1. The molecule has 1 aromatic heterocycles. The third kappa shape index (κ3) is 5.02. The first kappa shape index (κ1) is 15.6. The predicted molar refractivity (Wildman–Crippen MR) is 77.1 cm³/mol. The molecule has 2 atom stereocenters. The number of hydrogen-bond acceptors (Lipinski definition) is 5. The predicted octanol–water partition coefficient (Wildman–Crippen LogP) is 1.80. The van der Waals surface area contributed by atoms with E-state index in [0.717, 1.165) is 24.6 Å². The number of aryl methyl sites for hydroxylation is 1. The van der Waals surface area contributed by atoms with Crippen LogP contribution in [0.4, 0.5) is 0 Å². The molecule has 18 heavy (non-hydrogen) atoms. The second-order valence-corrected chi connectivity index (χ2v) is 5.85. The Morgan fingerprint density at radius 1 is 1.44 bits per heavy atom. The van der Waals surface area contributed by atoms with Gasteiger partial charge in [0.1, 0.15) is 5.01 Å². The van der Waals surface area contributed by atoms with E-state index in [1.807, 2.05) is 6.20 Å². The molecule has 1 aromatic rings. The SMILES string of the molecule is CCN(CC)CC(O)CNC(C)c1ncc(C)s1. The van der Waals surface area contributed by atoms with Crippen LogP contribution >= 0.6 is 11.3 Å². The zero-order valence-corrected chi connectivity index (χ0v) is 12.6. The Kier molecular flexibility index (Phi) is 6.78. The van der Waals surface area contributed by atoms with Crippen LogP contribution in [0.25, 0.3) is 0 Å². The smallest absolute Gasteiger partial charge is 0.109 e. The second kappa shape index (κ2) is 7.84. The molecule has 1 heterocycles. The van der Waals surface area contributed by atoms with E-state index >= 15 is 0 Å². The molecule has 0 amide bonds. The molecule has 0 saturated carbocycles. The summed E-state index contributed by atoms with van der Waals surface area (Å²) in [7, 11) is 0. The monoisotopic (exact) mass is 271 g/mol. The fraction of sp³-hybridized carbons (Fsp3) is 0.769. The molecule has 0 aromatic carbocycles. The lowest BCUT2D eigenvalue weighted by Crippen LogP contribution is -2.38. The van der Waals surface area contributed by atoms with Crippen molar-refractivity contribution in [1.29, 1.82) is 0 Å². The zero-order valence-electron chi connectivity index (χ0n) is 11.8. The highest BCUT2D eigenvalue weighted by Crippen LogP contribution is 2.18. The van der Waals surface area contributed by atoms with Gasteiger partial charge < -0.3 is 15.3 Å². The maximum Gasteiger partial charge on any atom is 0.109 e. The molecular weight excluding hydrogens is 246 g/mol. The van der Waals surface area contributed by atoms with E-state index in [0.29, 0.717) is 6.54 Å². The van der Waals surface area contributed by atoms with Crippen molar-refractivity contribution >= 4 is 11.3 Å². The van der Waals surface area contributed by atoms with Crippen LogP contribution in [0.3, 0.4) is 0 Å². The Bertz CT molecular complexity index is 339. The van der Waals surface area contributed by atoms with Crippen LogP contribution in [0.5, 0.6) is 0 Å². The fourth-order valence-corrected chi connectivity index (χ4v) is 2.62. The standard InChI is InChI=1S/C13H25N3OS/c1-5-16(6-2)9-12(17)8-14-11(4)13-15-7-10(3)18-13/h7,11-12,14,17H,5-6,8-9H2,1-4H3. The Hall–Kier alpha value is -0.490. The average molecular weight is 271 g/mol. The number of aliphatic hydroxyl groups excluding tert-OH is 1. The van der Waals surface area contributed by atoms with Crippen molar-refractivity contribution in [2.45, 2.75) is 39.8 Å². The highest BCUT2D eigenvalue weighted by atomic mass is 32.1. The topological polar surface area (TPSA) is 48.4 Å². The highest BCUT2D eigenvalue weighted by molar-refractivity contribution is 7.11. The number of hydrogen-bond donors (Lipinski definition) is 2. The minimum Gasteiger partial charge on any atom is -0.390 e. The lowest BCUT2D eigenvalue weighted by molar-refractivity contribution is 0.114. The van der Waals surface area contributed by atoms with Gasteiger partial charge in [-0.05, 0) is 26.9 Å². The molecule has 2 unspecified atom stereocenters. The van der Waals surface area contributed by atoms with Gasteiger partial charge >= 0.3 is 0 Å². The molecule has 0 saturated heterocycles. The zero-order chi connectivity index (χ0) is 13.5. The van der Waals surface area contributed by atoms with Crippen molar-refractivity contribution in [3.05, 3.63) is 16.1 Å². The first-order valence-electron chi connectivity index (χ1n) is 6.62. The summed E-state index contributed by atoms with van der Waals surface area (Å²) in [5.41, 5.74) is 0. The number of rotatable bonds is 8. The molecule has 5 heteroatoms.